The lowest BCUT2D eigenvalue weighted by Gasteiger charge is -2.36. The standard InChI is InChI=1S/C20H23N7O/c1-27(15-9-13-3-4-14(10-15)22-13)20-7-6-17(23-25-20)16-5-2-12(8-19(16)28)18-11-21-26-24-18/h2,5-8,11,13-15,22,28H,3-4,9-10H2,1H3,(H,21,24,26)/t13-,14+,15+. The Morgan fingerprint density at radius 2 is 1.82 bits per heavy atom. The maximum Gasteiger partial charge on any atom is 0.151 e. The summed E-state index contributed by atoms with van der Waals surface area (Å²) in [5, 5.41) is 33.3. The van der Waals surface area contributed by atoms with Crippen LogP contribution in [0.15, 0.2) is 36.5 Å². The van der Waals surface area contributed by atoms with E-state index in [0.29, 0.717) is 35.1 Å². The molecule has 1 aromatic carbocycles. The zero-order chi connectivity index (χ0) is 19.1. The van der Waals surface area contributed by atoms with Gasteiger partial charge in [-0.25, -0.2) is 0 Å². The Labute approximate surface area is 163 Å². The van der Waals surface area contributed by atoms with Crippen LogP contribution >= 0.6 is 0 Å². The predicted molar refractivity (Wildman–Crippen MR) is 106 cm³/mol. The van der Waals surface area contributed by atoms with Crippen molar-refractivity contribution in [2.75, 3.05) is 11.9 Å². The number of hydrogen-bond acceptors (Lipinski definition) is 7. The first kappa shape index (κ1) is 17.1. The highest BCUT2D eigenvalue weighted by Gasteiger charge is 2.35. The average molecular weight is 377 g/mol. The van der Waals surface area contributed by atoms with Crippen LogP contribution in [0, 0.1) is 0 Å². The first-order chi connectivity index (χ1) is 13.7. The number of aromatic amines is 1. The Hall–Kier alpha value is -3.00. The van der Waals surface area contributed by atoms with E-state index in [0.717, 1.165) is 24.2 Å². The molecule has 8 heteroatoms. The smallest absolute Gasteiger partial charge is 0.151 e. The maximum absolute atomic E-state index is 10.4. The SMILES string of the molecule is CN(c1ccc(-c2ccc(-c3c[nH]nn3)cc2O)nn1)[C@H]1C[C@H]2CC[C@@H](C1)N2. The molecule has 8 nitrogen and oxygen atoms in total. The highest BCUT2D eigenvalue weighted by atomic mass is 16.3. The number of nitrogens with zero attached hydrogens (tertiary/aromatic N) is 5. The summed E-state index contributed by atoms with van der Waals surface area (Å²) < 4.78 is 0. The Morgan fingerprint density at radius 3 is 2.46 bits per heavy atom. The third-order valence-electron chi connectivity index (χ3n) is 5.99. The summed E-state index contributed by atoms with van der Waals surface area (Å²) in [5.74, 6) is 1.01. The Balaban J connectivity index is 1.35. The molecular formula is C20H23N7O. The first-order valence-corrected chi connectivity index (χ1v) is 9.70. The van der Waals surface area contributed by atoms with Crippen molar-refractivity contribution in [2.45, 2.75) is 43.8 Å². The van der Waals surface area contributed by atoms with E-state index < -0.39 is 0 Å². The van der Waals surface area contributed by atoms with Crippen molar-refractivity contribution < 1.29 is 5.11 Å². The van der Waals surface area contributed by atoms with Crippen LogP contribution in [-0.2, 0) is 0 Å². The van der Waals surface area contributed by atoms with Crippen LogP contribution in [0.25, 0.3) is 22.5 Å². The van der Waals surface area contributed by atoms with Crippen LogP contribution < -0.4 is 10.2 Å². The number of aromatic nitrogens is 5. The molecule has 2 aromatic heterocycles. The summed E-state index contributed by atoms with van der Waals surface area (Å²) in [6.45, 7) is 0. The van der Waals surface area contributed by atoms with E-state index >= 15 is 0 Å². The summed E-state index contributed by atoms with van der Waals surface area (Å²) in [6, 6.07) is 11.1. The molecule has 2 saturated heterocycles. The van der Waals surface area contributed by atoms with Gasteiger partial charge in [0.1, 0.15) is 11.4 Å². The normalized spacial score (nSPS) is 23.7. The van der Waals surface area contributed by atoms with Crippen LogP contribution in [0.4, 0.5) is 5.82 Å². The van der Waals surface area contributed by atoms with Gasteiger partial charge in [0.15, 0.2) is 5.82 Å². The van der Waals surface area contributed by atoms with Gasteiger partial charge in [-0.15, -0.1) is 15.3 Å². The minimum atomic E-state index is 0.144. The summed E-state index contributed by atoms with van der Waals surface area (Å²) in [4.78, 5) is 2.25. The number of nitrogens with one attached hydrogen (secondary N) is 2. The van der Waals surface area contributed by atoms with Gasteiger partial charge in [-0.1, -0.05) is 11.3 Å². The van der Waals surface area contributed by atoms with Gasteiger partial charge in [0.2, 0.25) is 0 Å². The van der Waals surface area contributed by atoms with E-state index in [1.165, 1.54) is 12.8 Å². The molecule has 5 rings (SSSR count). The minimum Gasteiger partial charge on any atom is -0.507 e. The van der Waals surface area contributed by atoms with Crippen LogP contribution in [0.2, 0.25) is 0 Å². The molecule has 2 bridgehead atoms. The number of phenols is 1. The molecule has 144 valence electrons. The van der Waals surface area contributed by atoms with Gasteiger partial charge < -0.3 is 15.3 Å². The molecule has 2 aliphatic rings. The molecule has 2 fully saturated rings. The molecule has 3 aromatic rings. The molecule has 0 radical (unpaired) electrons. The van der Waals surface area contributed by atoms with E-state index in [4.69, 9.17) is 0 Å². The van der Waals surface area contributed by atoms with Gasteiger partial charge >= 0.3 is 0 Å². The number of anilines is 1. The highest BCUT2D eigenvalue weighted by Crippen LogP contribution is 2.33. The van der Waals surface area contributed by atoms with Crippen molar-refractivity contribution in [3.63, 3.8) is 0 Å². The van der Waals surface area contributed by atoms with E-state index in [-0.39, 0.29) is 5.75 Å². The predicted octanol–water partition coefficient (Wildman–Crippen LogP) is 2.35. The Morgan fingerprint density at radius 1 is 1.00 bits per heavy atom. The second-order valence-corrected chi connectivity index (χ2v) is 7.74. The van der Waals surface area contributed by atoms with Crippen LogP contribution in [0.3, 0.4) is 0 Å². The summed E-state index contributed by atoms with van der Waals surface area (Å²) in [7, 11) is 2.10. The molecule has 3 N–H and O–H groups in total. The average Bonchev–Trinajstić information content (AvgIpc) is 3.37. The lowest BCUT2D eigenvalue weighted by molar-refractivity contribution is 0.353. The van der Waals surface area contributed by atoms with E-state index in [1.807, 2.05) is 24.3 Å². The third kappa shape index (κ3) is 3.09. The van der Waals surface area contributed by atoms with Crippen molar-refractivity contribution in [1.82, 2.24) is 30.9 Å². The van der Waals surface area contributed by atoms with Gasteiger partial charge in [-0.2, -0.15) is 0 Å². The zero-order valence-electron chi connectivity index (χ0n) is 15.7. The lowest BCUT2D eigenvalue weighted by Crippen LogP contribution is -2.47. The maximum atomic E-state index is 10.4. The monoisotopic (exact) mass is 377 g/mol. The summed E-state index contributed by atoms with van der Waals surface area (Å²) in [5.41, 5.74) is 2.77. The number of rotatable bonds is 4. The quantitative estimate of drug-likeness (QED) is 0.641. The summed E-state index contributed by atoms with van der Waals surface area (Å²) >= 11 is 0. The lowest BCUT2D eigenvalue weighted by atomic mass is 9.98. The molecule has 0 unspecified atom stereocenters. The molecule has 2 aliphatic heterocycles. The third-order valence-corrected chi connectivity index (χ3v) is 5.99. The Kier molecular flexibility index (Phi) is 4.20. The van der Waals surface area contributed by atoms with Crippen LogP contribution in [-0.4, -0.2) is 55.9 Å². The number of fused-ring (bicyclic) bond motifs is 2. The molecule has 0 aliphatic carbocycles. The topological polar surface area (TPSA) is 103 Å². The van der Waals surface area contributed by atoms with Gasteiger partial charge in [0.05, 0.1) is 5.69 Å². The number of piperidine rings is 1. The van der Waals surface area contributed by atoms with Gasteiger partial charge in [0, 0.05) is 42.5 Å². The second kappa shape index (κ2) is 6.87. The fourth-order valence-electron chi connectivity index (χ4n) is 4.44. The van der Waals surface area contributed by atoms with E-state index in [2.05, 4.69) is 42.9 Å². The zero-order valence-corrected chi connectivity index (χ0v) is 15.7. The van der Waals surface area contributed by atoms with Crippen molar-refractivity contribution in [2.24, 2.45) is 0 Å². The van der Waals surface area contributed by atoms with Crippen molar-refractivity contribution in [3.05, 3.63) is 36.5 Å². The van der Waals surface area contributed by atoms with E-state index in [9.17, 15) is 5.11 Å². The largest absolute Gasteiger partial charge is 0.507 e. The summed E-state index contributed by atoms with van der Waals surface area (Å²) in [6.07, 6.45) is 6.56. The number of H-pyrrole nitrogens is 1. The molecule has 0 spiro atoms. The Bertz CT molecular complexity index is 945. The molecule has 4 heterocycles. The molecular weight excluding hydrogens is 354 g/mol. The van der Waals surface area contributed by atoms with Crippen LogP contribution in [0.5, 0.6) is 5.75 Å². The van der Waals surface area contributed by atoms with Crippen LogP contribution in [0.1, 0.15) is 25.7 Å². The van der Waals surface area contributed by atoms with E-state index in [1.54, 1.807) is 12.3 Å². The van der Waals surface area contributed by atoms with Crippen molar-refractivity contribution in [3.8, 4) is 28.3 Å². The van der Waals surface area contributed by atoms with Crippen molar-refractivity contribution >= 4 is 5.82 Å². The van der Waals surface area contributed by atoms with Gasteiger partial charge in [-0.3, -0.25) is 5.10 Å². The fraction of sp³-hybridized carbons (Fsp3) is 0.400. The number of hydrogen-bond donors (Lipinski definition) is 3. The fourth-order valence-corrected chi connectivity index (χ4v) is 4.44. The number of benzene rings is 1. The number of phenolic OH excluding ortho intramolecular Hbond substituents is 1. The molecule has 28 heavy (non-hydrogen) atoms. The minimum absolute atomic E-state index is 0.144. The highest BCUT2D eigenvalue weighted by molar-refractivity contribution is 5.72. The van der Waals surface area contributed by atoms with Crippen molar-refractivity contribution in [1.29, 1.82) is 0 Å². The molecule has 0 saturated carbocycles. The van der Waals surface area contributed by atoms with Gasteiger partial charge in [-0.05, 0) is 49.9 Å². The molecule has 3 atom stereocenters. The van der Waals surface area contributed by atoms with Gasteiger partial charge in [0.25, 0.3) is 0 Å². The number of aromatic hydroxyl groups is 1. The second-order valence-electron chi connectivity index (χ2n) is 7.74. The molecule has 0 amide bonds. The first-order valence-electron chi connectivity index (χ1n) is 9.70.